The molecule has 6 heteroatoms. The van der Waals surface area contributed by atoms with Crippen molar-refractivity contribution in [3.8, 4) is 5.75 Å². The number of hydrogen-bond donors (Lipinski definition) is 3. The van der Waals surface area contributed by atoms with E-state index in [2.05, 4.69) is 5.32 Å². The minimum Gasteiger partial charge on any atom is -0.495 e. The number of carbonyl (C=O) groups excluding carboxylic acids is 1. The molecule has 1 aliphatic rings. The van der Waals surface area contributed by atoms with Gasteiger partial charge in [0.2, 0.25) is 5.91 Å². The number of rotatable bonds is 6. The highest BCUT2D eigenvalue weighted by Gasteiger charge is 2.28. The van der Waals surface area contributed by atoms with E-state index in [1.807, 2.05) is 11.9 Å². The van der Waals surface area contributed by atoms with Gasteiger partial charge >= 0.3 is 0 Å². The first kappa shape index (κ1) is 15.6. The van der Waals surface area contributed by atoms with Crippen LogP contribution in [0.1, 0.15) is 12.8 Å². The first-order valence-electron chi connectivity index (χ1n) is 7.08. The van der Waals surface area contributed by atoms with E-state index in [0.29, 0.717) is 29.6 Å². The summed E-state index contributed by atoms with van der Waals surface area (Å²) in [6.45, 7) is 1.11. The number of anilines is 2. The van der Waals surface area contributed by atoms with Crippen molar-refractivity contribution in [1.29, 1.82) is 0 Å². The van der Waals surface area contributed by atoms with E-state index in [-0.39, 0.29) is 12.0 Å². The van der Waals surface area contributed by atoms with E-state index in [0.717, 1.165) is 19.4 Å². The second-order valence-electron chi connectivity index (χ2n) is 5.70. The molecular weight excluding hydrogens is 270 g/mol. The molecule has 1 saturated carbocycles. The number of amides is 1. The highest BCUT2D eigenvalue weighted by atomic mass is 16.5. The summed E-state index contributed by atoms with van der Waals surface area (Å²) >= 11 is 0. The maximum Gasteiger partial charge on any atom is 0.238 e. The average Bonchev–Trinajstić information content (AvgIpc) is 2.37. The minimum atomic E-state index is -0.159. The molecule has 0 radical (unpaired) electrons. The topological polar surface area (TPSA) is 87.8 Å². The van der Waals surface area contributed by atoms with Crippen LogP contribution in [0.5, 0.6) is 5.75 Å². The lowest BCUT2D eigenvalue weighted by Gasteiger charge is -2.34. The zero-order chi connectivity index (χ0) is 15.4. The van der Waals surface area contributed by atoms with Crippen molar-refractivity contribution in [2.45, 2.75) is 18.9 Å². The highest BCUT2D eigenvalue weighted by molar-refractivity contribution is 5.94. The number of methoxy groups -OCH3 is 1. The number of aliphatic hydroxyl groups excluding tert-OH is 1. The summed E-state index contributed by atoms with van der Waals surface area (Å²) in [6.07, 6.45) is 1.50. The second-order valence-corrected chi connectivity index (χ2v) is 5.70. The first-order valence-corrected chi connectivity index (χ1v) is 7.08. The molecule has 0 aromatic heterocycles. The number of nitrogens with two attached hydrogens (primary N) is 1. The van der Waals surface area contributed by atoms with Gasteiger partial charge in [-0.2, -0.15) is 0 Å². The van der Waals surface area contributed by atoms with Gasteiger partial charge < -0.3 is 20.9 Å². The Bertz CT molecular complexity index is 501. The molecule has 1 aromatic carbocycles. The Morgan fingerprint density at radius 3 is 2.86 bits per heavy atom. The van der Waals surface area contributed by atoms with E-state index < -0.39 is 0 Å². The zero-order valence-electron chi connectivity index (χ0n) is 12.5. The number of nitrogen functional groups attached to an aromatic ring is 1. The monoisotopic (exact) mass is 293 g/mol. The Hall–Kier alpha value is -1.79. The van der Waals surface area contributed by atoms with Gasteiger partial charge in [-0.3, -0.25) is 9.69 Å². The lowest BCUT2D eigenvalue weighted by atomic mass is 9.82. The summed E-state index contributed by atoms with van der Waals surface area (Å²) in [7, 11) is 3.45. The highest BCUT2D eigenvalue weighted by Crippen LogP contribution is 2.28. The predicted molar refractivity (Wildman–Crippen MR) is 82.3 cm³/mol. The van der Waals surface area contributed by atoms with Gasteiger partial charge in [-0.15, -0.1) is 0 Å². The molecule has 0 aliphatic heterocycles. The number of aliphatic hydroxyl groups is 1. The smallest absolute Gasteiger partial charge is 0.238 e. The van der Waals surface area contributed by atoms with Crippen molar-refractivity contribution in [2.75, 3.05) is 38.3 Å². The average molecular weight is 293 g/mol. The van der Waals surface area contributed by atoms with Crippen molar-refractivity contribution < 1.29 is 14.6 Å². The third-order valence-corrected chi connectivity index (χ3v) is 3.69. The van der Waals surface area contributed by atoms with Crippen molar-refractivity contribution in [1.82, 2.24) is 4.90 Å². The van der Waals surface area contributed by atoms with Crippen LogP contribution < -0.4 is 15.8 Å². The molecule has 0 spiro atoms. The van der Waals surface area contributed by atoms with Gasteiger partial charge in [-0.25, -0.2) is 0 Å². The van der Waals surface area contributed by atoms with Crippen LogP contribution in [-0.4, -0.2) is 49.3 Å². The van der Waals surface area contributed by atoms with Crippen LogP contribution in [0, 0.1) is 5.92 Å². The molecule has 0 heterocycles. The normalized spacial score (nSPS) is 21.0. The molecule has 4 N–H and O–H groups in total. The number of benzene rings is 1. The van der Waals surface area contributed by atoms with Crippen LogP contribution in [-0.2, 0) is 4.79 Å². The summed E-state index contributed by atoms with van der Waals surface area (Å²) in [5.74, 6) is 0.961. The maximum absolute atomic E-state index is 12.1. The zero-order valence-corrected chi connectivity index (χ0v) is 12.5. The van der Waals surface area contributed by atoms with Crippen LogP contribution in [0.15, 0.2) is 18.2 Å². The Kier molecular flexibility index (Phi) is 5.03. The van der Waals surface area contributed by atoms with Gasteiger partial charge in [0.1, 0.15) is 5.75 Å². The summed E-state index contributed by atoms with van der Waals surface area (Å²) < 4.78 is 5.20. The standard InChI is InChI=1S/C15H23N3O3/c1-18(8-10-5-12(19)6-10)9-15(20)17-13-7-11(16)3-4-14(13)21-2/h3-4,7,10,12,19H,5-6,8-9,16H2,1-2H3,(H,17,20). The number of nitrogens with zero attached hydrogens (tertiary/aromatic N) is 1. The summed E-state index contributed by atoms with van der Waals surface area (Å²) in [5.41, 5.74) is 6.87. The van der Waals surface area contributed by atoms with Crippen LogP contribution >= 0.6 is 0 Å². The largest absolute Gasteiger partial charge is 0.495 e. The Labute approximate surface area is 124 Å². The Balaban J connectivity index is 1.85. The predicted octanol–water partition coefficient (Wildman–Crippen LogP) is 0.919. The van der Waals surface area contributed by atoms with Gasteiger partial charge in [-0.1, -0.05) is 0 Å². The molecule has 0 atom stereocenters. The van der Waals surface area contributed by atoms with Gasteiger partial charge in [-0.05, 0) is 44.0 Å². The summed E-state index contributed by atoms with van der Waals surface area (Å²) in [6, 6.07) is 5.13. The van der Waals surface area contributed by atoms with Crippen LogP contribution in [0.2, 0.25) is 0 Å². The SMILES string of the molecule is COc1ccc(N)cc1NC(=O)CN(C)CC1CC(O)C1. The molecule has 1 amide bonds. The number of ether oxygens (including phenoxy) is 1. The summed E-state index contributed by atoms with van der Waals surface area (Å²) in [5, 5.41) is 12.1. The lowest BCUT2D eigenvalue weighted by Crippen LogP contribution is -2.39. The maximum atomic E-state index is 12.1. The molecule has 1 aromatic rings. The second kappa shape index (κ2) is 6.78. The van der Waals surface area contributed by atoms with Crippen molar-refractivity contribution in [3.05, 3.63) is 18.2 Å². The lowest BCUT2D eigenvalue weighted by molar-refractivity contribution is -0.117. The Morgan fingerprint density at radius 2 is 2.24 bits per heavy atom. The number of likely N-dealkylation sites (N-methyl/N-ethyl adjacent to an activating group) is 1. The van der Waals surface area contributed by atoms with Gasteiger partial charge in [0.25, 0.3) is 0 Å². The van der Waals surface area contributed by atoms with E-state index in [9.17, 15) is 9.90 Å². The van der Waals surface area contributed by atoms with E-state index >= 15 is 0 Å². The van der Waals surface area contributed by atoms with Gasteiger partial charge in [0, 0.05) is 12.2 Å². The third-order valence-electron chi connectivity index (χ3n) is 3.69. The van der Waals surface area contributed by atoms with Crippen LogP contribution in [0.4, 0.5) is 11.4 Å². The minimum absolute atomic E-state index is 0.110. The van der Waals surface area contributed by atoms with E-state index in [4.69, 9.17) is 10.5 Å². The molecule has 6 nitrogen and oxygen atoms in total. The van der Waals surface area contributed by atoms with Gasteiger partial charge in [0.05, 0.1) is 25.4 Å². The van der Waals surface area contributed by atoms with Crippen molar-refractivity contribution in [2.24, 2.45) is 5.92 Å². The van der Waals surface area contributed by atoms with E-state index in [1.54, 1.807) is 25.3 Å². The molecular formula is C15H23N3O3. The van der Waals surface area contributed by atoms with Crippen molar-refractivity contribution >= 4 is 17.3 Å². The third kappa shape index (κ3) is 4.34. The fourth-order valence-electron chi connectivity index (χ4n) is 2.61. The first-order chi connectivity index (χ1) is 9.97. The molecule has 21 heavy (non-hydrogen) atoms. The molecule has 0 bridgehead atoms. The van der Waals surface area contributed by atoms with Gasteiger partial charge in [0.15, 0.2) is 0 Å². The van der Waals surface area contributed by atoms with Crippen molar-refractivity contribution in [3.63, 3.8) is 0 Å². The number of hydrogen-bond acceptors (Lipinski definition) is 5. The molecule has 1 fully saturated rings. The van der Waals surface area contributed by atoms with Crippen LogP contribution in [0.3, 0.4) is 0 Å². The number of nitrogens with one attached hydrogen (secondary N) is 1. The molecule has 0 unspecified atom stereocenters. The molecule has 0 saturated heterocycles. The molecule has 116 valence electrons. The summed E-state index contributed by atoms with van der Waals surface area (Å²) in [4.78, 5) is 14.0. The quantitative estimate of drug-likeness (QED) is 0.679. The fourth-order valence-corrected chi connectivity index (χ4v) is 2.61. The molecule has 2 rings (SSSR count). The van der Waals surface area contributed by atoms with Crippen LogP contribution in [0.25, 0.3) is 0 Å². The molecule has 1 aliphatic carbocycles. The fraction of sp³-hybridized carbons (Fsp3) is 0.533. The van der Waals surface area contributed by atoms with E-state index in [1.165, 1.54) is 0 Å². The number of carbonyl (C=O) groups is 1. The Morgan fingerprint density at radius 1 is 1.52 bits per heavy atom.